The minimum absolute atomic E-state index is 0.148. The number of rotatable bonds is 8. The maximum atomic E-state index is 13.2. The average Bonchev–Trinajstić information content (AvgIpc) is 3.18. The molecule has 0 unspecified atom stereocenters. The summed E-state index contributed by atoms with van der Waals surface area (Å²) < 4.78 is 15.1. The Kier molecular flexibility index (Phi) is 6.69. The van der Waals surface area contributed by atoms with Crippen LogP contribution in [0.3, 0.4) is 0 Å². The van der Waals surface area contributed by atoms with Gasteiger partial charge < -0.3 is 20.9 Å². The van der Waals surface area contributed by atoms with Crippen molar-refractivity contribution in [3.05, 3.63) is 71.0 Å². The average molecular weight is 468 g/mol. The molecule has 2 heterocycles. The van der Waals surface area contributed by atoms with Gasteiger partial charge in [-0.05, 0) is 53.9 Å². The van der Waals surface area contributed by atoms with Gasteiger partial charge in [-0.1, -0.05) is 25.5 Å². The van der Waals surface area contributed by atoms with Gasteiger partial charge in [0.1, 0.15) is 5.82 Å². The summed E-state index contributed by atoms with van der Waals surface area (Å²) in [7, 11) is 0. The molecule has 4 N–H and O–H groups in total. The van der Waals surface area contributed by atoms with E-state index in [9.17, 15) is 9.18 Å². The van der Waals surface area contributed by atoms with Crippen LogP contribution >= 0.6 is 11.6 Å². The lowest BCUT2D eigenvalue weighted by molar-refractivity contribution is 0.102. The maximum absolute atomic E-state index is 13.2. The third-order valence-electron chi connectivity index (χ3n) is 5.09. The van der Waals surface area contributed by atoms with Crippen molar-refractivity contribution in [3.8, 4) is 0 Å². The second kappa shape index (κ2) is 9.83. The van der Waals surface area contributed by atoms with Gasteiger partial charge in [0.05, 0.1) is 24.2 Å². The number of carbonyl (C=O) groups is 1. The quantitative estimate of drug-likeness (QED) is 0.196. The number of anilines is 3. The van der Waals surface area contributed by atoms with E-state index < -0.39 is 5.82 Å². The molecule has 0 spiro atoms. The Hall–Kier alpha value is -3.72. The Bertz CT molecular complexity index is 1290. The molecule has 0 radical (unpaired) electrons. The van der Waals surface area contributed by atoms with Crippen LogP contribution in [0.5, 0.6) is 0 Å². The van der Waals surface area contributed by atoms with Crippen LogP contribution in [0.4, 0.5) is 21.6 Å². The monoisotopic (exact) mass is 467 g/mol. The molecule has 0 saturated heterocycles. The second-order valence-electron chi connectivity index (χ2n) is 7.55. The number of amides is 1. The summed E-state index contributed by atoms with van der Waals surface area (Å²) in [6, 6.07) is 10.9. The summed E-state index contributed by atoms with van der Waals surface area (Å²) >= 11 is 6.13. The first-order chi connectivity index (χ1) is 15.9. The first-order valence-electron chi connectivity index (χ1n) is 10.5. The standard InChI is InChI=1S/C23H23ClFN7O/c1-2-3-10-27-20-19-21(31-23(24)30-20)32(13-28-19)12-14-4-6-15(7-5-14)22(33)29-18-9-8-16(25)11-17(18)26/h4-9,11,13H,2-3,10,12,26H2,1H3,(H,29,33)(H,27,30,31). The highest BCUT2D eigenvalue weighted by atomic mass is 35.5. The molecule has 8 nitrogen and oxygen atoms in total. The van der Waals surface area contributed by atoms with Gasteiger partial charge in [0.15, 0.2) is 17.0 Å². The lowest BCUT2D eigenvalue weighted by atomic mass is 10.1. The minimum Gasteiger partial charge on any atom is -0.397 e. The molecule has 0 aliphatic rings. The molecule has 33 heavy (non-hydrogen) atoms. The summed E-state index contributed by atoms with van der Waals surface area (Å²) in [5.41, 5.74) is 8.96. The fourth-order valence-electron chi connectivity index (χ4n) is 3.34. The molecule has 10 heteroatoms. The van der Waals surface area contributed by atoms with E-state index in [-0.39, 0.29) is 16.9 Å². The number of hydrogen-bond acceptors (Lipinski definition) is 6. The van der Waals surface area contributed by atoms with E-state index >= 15 is 0 Å². The third-order valence-corrected chi connectivity index (χ3v) is 5.26. The summed E-state index contributed by atoms with van der Waals surface area (Å²) in [5.74, 6) is -0.183. The van der Waals surface area contributed by atoms with E-state index in [1.54, 1.807) is 18.5 Å². The number of carbonyl (C=O) groups excluding carboxylic acids is 1. The van der Waals surface area contributed by atoms with Crippen molar-refractivity contribution < 1.29 is 9.18 Å². The Labute approximate surface area is 195 Å². The molecule has 4 rings (SSSR count). The number of aromatic nitrogens is 4. The molecule has 0 aliphatic carbocycles. The fraction of sp³-hybridized carbons (Fsp3) is 0.217. The maximum Gasteiger partial charge on any atom is 0.255 e. The largest absolute Gasteiger partial charge is 0.397 e. The van der Waals surface area contributed by atoms with Crippen LogP contribution in [-0.2, 0) is 6.54 Å². The highest BCUT2D eigenvalue weighted by Crippen LogP contribution is 2.23. The zero-order valence-corrected chi connectivity index (χ0v) is 18.7. The topological polar surface area (TPSA) is 111 Å². The van der Waals surface area contributed by atoms with Crippen LogP contribution in [0.25, 0.3) is 11.2 Å². The van der Waals surface area contributed by atoms with E-state index in [0.29, 0.717) is 34.8 Å². The molecule has 0 saturated carbocycles. The van der Waals surface area contributed by atoms with Gasteiger partial charge in [-0.25, -0.2) is 9.37 Å². The number of benzene rings is 2. The number of nitrogens with one attached hydrogen (secondary N) is 2. The number of nitrogens with two attached hydrogens (primary N) is 1. The van der Waals surface area contributed by atoms with Crippen LogP contribution in [-0.4, -0.2) is 32.0 Å². The Morgan fingerprint density at radius 2 is 1.97 bits per heavy atom. The number of fused-ring (bicyclic) bond motifs is 1. The SMILES string of the molecule is CCCCNc1nc(Cl)nc2c1ncn2Cc1ccc(C(=O)Nc2ccc(F)cc2N)cc1. The Balaban J connectivity index is 1.49. The van der Waals surface area contributed by atoms with Crippen LogP contribution in [0.1, 0.15) is 35.7 Å². The molecular weight excluding hydrogens is 445 g/mol. The second-order valence-corrected chi connectivity index (χ2v) is 7.89. The number of halogens is 2. The lowest BCUT2D eigenvalue weighted by Crippen LogP contribution is -2.13. The van der Waals surface area contributed by atoms with E-state index in [2.05, 4.69) is 32.5 Å². The first kappa shape index (κ1) is 22.5. The highest BCUT2D eigenvalue weighted by molar-refractivity contribution is 6.28. The van der Waals surface area contributed by atoms with Crippen LogP contribution in [0.2, 0.25) is 5.28 Å². The molecule has 0 aliphatic heterocycles. The highest BCUT2D eigenvalue weighted by Gasteiger charge is 2.13. The molecule has 0 atom stereocenters. The smallest absolute Gasteiger partial charge is 0.255 e. The molecule has 2 aromatic heterocycles. The summed E-state index contributed by atoms with van der Waals surface area (Å²) in [4.78, 5) is 25.6. The molecule has 1 amide bonds. The van der Waals surface area contributed by atoms with Crippen LogP contribution < -0.4 is 16.4 Å². The van der Waals surface area contributed by atoms with E-state index in [1.807, 2.05) is 16.7 Å². The zero-order chi connectivity index (χ0) is 23.4. The van der Waals surface area contributed by atoms with Gasteiger partial charge in [-0.2, -0.15) is 9.97 Å². The molecule has 0 fully saturated rings. The number of imidazole rings is 1. The van der Waals surface area contributed by atoms with Crippen molar-refractivity contribution in [1.82, 2.24) is 19.5 Å². The fourth-order valence-corrected chi connectivity index (χ4v) is 3.50. The van der Waals surface area contributed by atoms with Gasteiger partial charge in [0, 0.05) is 12.1 Å². The van der Waals surface area contributed by atoms with Gasteiger partial charge in [-0.3, -0.25) is 4.79 Å². The Morgan fingerprint density at radius 3 is 2.70 bits per heavy atom. The van der Waals surface area contributed by atoms with Crippen molar-refractivity contribution in [2.75, 3.05) is 22.9 Å². The normalized spacial score (nSPS) is 11.0. The summed E-state index contributed by atoms with van der Waals surface area (Å²) in [6.45, 7) is 3.38. The van der Waals surface area contributed by atoms with Crippen molar-refractivity contribution in [2.24, 2.45) is 0 Å². The molecule has 2 aromatic carbocycles. The van der Waals surface area contributed by atoms with Crippen LogP contribution in [0, 0.1) is 5.82 Å². The van der Waals surface area contributed by atoms with E-state index in [1.165, 1.54) is 12.1 Å². The summed E-state index contributed by atoms with van der Waals surface area (Å²) in [5, 5.41) is 6.11. The zero-order valence-electron chi connectivity index (χ0n) is 18.0. The van der Waals surface area contributed by atoms with E-state index in [4.69, 9.17) is 17.3 Å². The third kappa shape index (κ3) is 5.20. The number of unbranched alkanes of at least 4 members (excludes halogenated alkanes) is 1. The molecular formula is C23H23ClFN7O. The van der Waals surface area contributed by atoms with Crippen molar-refractivity contribution in [1.29, 1.82) is 0 Å². The van der Waals surface area contributed by atoms with Crippen molar-refractivity contribution in [3.63, 3.8) is 0 Å². The first-order valence-corrected chi connectivity index (χ1v) is 10.9. The van der Waals surface area contributed by atoms with Crippen LogP contribution in [0.15, 0.2) is 48.8 Å². The number of hydrogen-bond donors (Lipinski definition) is 3. The Morgan fingerprint density at radius 1 is 1.18 bits per heavy atom. The molecule has 4 aromatic rings. The van der Waals surface area contributed by atoms with Gasteiger partial charge in [0.25, 0.3) is 5.91 Å². The van der Waals surface area contributed by atoms with Gasteiger partial charge in [-0.15, -0.1) is 0 Å². The predicted molar refractivity (Wildman–Crippen MR) is 128 cm³/mol. The lowest BCUT2D eigenvalue weighted by Gasteiger charge is -2.09. The minimum atomic E-state index is -0.461. The van der Waals surface area contributed by atoms with Gasteiger partial charge in [0.2, 0.25) is 5.28 Å². The number of nitrogen functional groups attached to an aromatic ring is 1. The van der Waals surface area contributed by atoms with Crippen molar-refractivity contribution in [2.45, 2.75) is 26.3 Å². The van der Waals surface area contributed by atoms with Gasteiger partial charge >= 0.3 is 0 Å². The predicted octanol–water partition coefficient (Wildman–Crippen LogP) is 4.71. The summed E-state index contributed by atoms with van der Waals surface area (Å²) in [6.07, 6.45) is 3.77. The van der Waals surface area contributed by atoms with Crippen molar-refractivity contribution >= 4 is 45.9 Å². The molecule has 0 bridgehead atoms. The molecule has 170 valence electrons. The van der Waals surface area contributed by atoms with E-state index in [0.717, 1.165) is 31.0 Å². The number of nitrogens with zero attached hydrogens (tertiary/aromatic N) is 4.